The van der Waals surface area contributed by atoms with E-state index in [-0.39, 0.29) is 5.92 Å². The molecule has 1 aromatic rings. The maximum absolute atomic E-state index is 12.9. The van der Waals surface area contributed by atoms with Gasteiger partial charge in [-0.1, -0.05) is 50.1 Å². The Morgan fingerprint density at radius 2 is 2.05 bits per heavy atom. The Morgan fingerprint density at radius 3 is 2.80 bits per heavy atom. The fraction of sp³-hybridized carbons (Fsp3) is 0.611. The zero-order valence-electron chi connectivity index (χ0n) is 12.4. The van der Waals surface area contributed by atoms with Crippen LogP contribution in [0.4, 0.5) is 0 Å². The van der Waals surface area contributed by atoms with Gasteiger partial charge < -0.3 is 0 Å². The first-order valence-electron chi connectivity index (χ1n) is 8.13. The molecule has 3 atom stereocenters. The largest absolute Gasteiger partial charge is 0.299 e. The topological polar surface area (TPSA) is 20.3 Å². The molecule has 2 nitrogen and oxygen atoms in total. The molecular formula is C18H25NO. The van der Waals surface area contributed by atoms with Crippen molar-refractivity contribution < 1.29 is 4.79 Å². The lowest BCUT2D eigenvalue weighted by Crippen LogP contribution is -2.53. The number of piperidine rings is 2. The molecule has 2 saturated heterocycles. The highest BCUT2D eigenvalue weighted by Crippen LogP contribution is 2.36. The zero-order valence-corrected chi connectivity index (χ0v) is 12.4. The molecule has 0 aliphatic carbocycles. The van der Waals surface area contributed by atoms with Crippen molar-refractivity contribution in [3.05, 3.63) is 35.9 Å². The highest BCUT2D eigenvalue weighted by atomic mass is 16.1. The van der Waals surface area contributed by atoms with Gasteiger partial charge in [-0.2, -0.15) is 0 Å². The minimum atomic E-state index is 0.219. The molecule has 1 aromatic carbocycles. The van der Waals surface area contributed by atoms with E-state index in [0.717, 1.165) is 12.0 Å². The third kappa shape index (κ3) is 2.67. The van der Waals surface area contributed by atoms with Gasteiger partial charge in [-0.15, -0.1) is 0 Å². The van der Waals surface area contributed by atoms with Crippen molar-refractivity contribution in [2.75, 3.05) is 13.1 Å². The molecule has 0 N–H and O–H groups in total. The number of benzene rings is 1. The second-order valence-electron chi connectivity index (χ2n) is 6.40. The Kier molecular flexibility index (Phi) is 4.21. The van der Waals surface area contributed by atoms with Crippen molar-refractivity contribution in [3.8, 4) is 0 Å². The number of ketones is 1. The Morgan fingerprint density at radius 1 is 1.25 bits per heavy atom. The minimum Gasteiger partial charge on any atom is -0.299 e. The fourth-order valence-corrected chi connectivity index (χ4v) is 4.02. The first-order chi connectivity index (χ1) is 9.79. The number of hydrogen-bond donors (Lipinski definition) is 0. The molecule has 0 radical (unpaired) electrons. The van der Waals surface area contributed by atoms with Crippen molar-refractivity contribution in [3.63, 3.8) is 0 Å². The molecule has 2 aliphatic rings. The second kappa shape index (κ2) is 6.09. The number of carbonyl (C=O) groups excluding carboxylic acids is 1. The van der Waals surface area contributed by atoms with Crippen LogP contribution in [0.5, 0.6) is 0 Å². The van der Waals surface area contributed by atoms with Gasteiger partial charge in [0.15, 0.2) is 5.78 Å². The summed E-state index contributed by atoms with van der Waals surface area (Å²) in [4.78, 5) is 15.5. The molecule has 3 unspecified atom stereocenters. The van der Waals surface area contributed by atoms with Crippen LogP contribution in [0.3, 0.4) is 0 Å². The van der Waals surface area contributed by atoms with Gasteiger partial charge in [0.2, 0.25) is 0 Å². The first kappa shape index (κ1) is 13.8. The highest BCUT2D eigenvalue weighted by molar-refractivity contribution is 5.98. The van der Waals surface area contributed by atoms with E-state index in [1.54, 1.807) is 0 Å². The summed E-state index contributed by atoms with van der Waals surface area (Å²) in [7, 11) is 0. The molecular weight excluding hydrogens is 246 g/mol. The summed E-state index contributed by atoms with van der Waals surface area (Å²) in [6, 6.07) is 10.4. The summed E-state index contributed by atoms with van der Waals surface area (Å²) in [5.41, 5.74) is 0.903. The normalized spacial score (nSPS) is 30.8. The molecule has 2 heteroatoms. The van der Waals surface area contributed by atoms with Crippen molar-refractivity contribution in [2.24, 2.45) is 11.8 Å². The third-order valence-electron chi connectivity index (χ3n) is 5.18. The predicted molar refractivity (Wildman–Crippen MR) is 81.9 cm³/mol. The molecule has 2 heterocycles. The van der Waals surface area contributed by atoms with Crippen LogP contribution < -0.4 is 0 Å². The molecule has 0 bridgehead atoms. The smallest absolute Gasteiger partial charge is 0.167 e. The molecule has 0 amide bonds. The van der Waals surface area contributed by atoms with Gasteiger partial charge in [0, 0.05) is 24.1 Å². The van der Waals surface area contributed by atoms with E-state index < -0.39 is 0 Å². The fourth-order valence-electron chi connectivity index (χ4n) is 4.02. The van der Waals surface area contributed by atoms with E-state index in [4.69, 9.17) is 0 Å². The van der Waals surface area contributed by atoms with E-state index in [9.17, 15) is 4.79 Å². The number of carbonyl (C=O) groups is 1. The molecule has 2 aliphatic heterocycles. The maximum atomic E-state index is 12.9. The van der Waals surface area contributed by atoms with Gasteiger partial charge in [-0.25, -0.2) is 0 Å². The second-order valence-corrected chi connectivity index (χ2v) is 6.40. The van der Waals surface area contributed by atoms with Crippen molar-refractivity contribution in [2.45, 2.75) is 45.1 Å². The molecule has 20 heavy (non-hydrogen) atoms. The van der Waals surface area contributed by atoms with Crippen LogP contribution in [0.2, 0.25) is 0 Å². The van der Waals surface area contributed by atoms with Gasteiger partial charge in [0.25, 0.3) is 0 Å². The lowest BCUT2D eigenvalue weighted by Gasteiger charge is -2.46. The van der Waals surface area contributed by atoms with E-state index in [1.165, 1.54) is 38.8 Å². The van der Waals surface area contributed by atoms with E-state index in [1.807, 2.05) is 30.3 Å². The van der Waals surface area contributed by atoms with Crippen LogP contribution in [0, 0.1) is 11.8 Å². The van der Waals surface area contributed by atoms with Crippen LogP contribution in [-0.4, -0.2) is 29.8 Å². The Balaban J connectivity index is 1.83. The summed E-state index contributed by atoms with van der Waals surface area (Å²) in [6.45, 7) is 4.67. The quantitative estimate of drug-likeness (QED) is 0.780. The molecule has 0 spiro atoms. The Bertz CT molecular complexity index is 456. The monoisotopic (exact) mass is 271 g/mol. The molecule has 3 rings (SSSR count). The van der Waals surface area contributed by atoms with E-state index >= 15 is 0 Å². The number of rotatable bonds is 3. The van der Waals surface area contributed by atoms with Crippen LogP contribution in [-0.2, 0) is 0 Å². The number of nitrogens with zero attached hydrogens (tertiary/aromatic N) is 1. The van der Waals surface area contributed by atoms with Gasteiger partial charge in [-0.3, -0.25) is 9.69 Å². The van der Waals surface area contributed by atoms with E-state index in [2.05, 4.69) is 11.8 Å². The summed E-state index contributed by atoms with van der Waals surface area (Å²) < 4.78 is 0. The van der Waals surface area contributed by atoms with Crippen LogP contribution in [0.25, 0.3) is 0 Å². The first-order valence-corrected chi connectivity index (χ1v) is 8.13. The van der Waals surface area contributed by atoms with Gasteiger partial charge in [0.1, 0.15) is 0 Å². The van der Waals surface area contributed by atoms with Crippen molar-refractivity contribution in [1.82, 2.24) is 4.90 Å². The summed E-state index contributed by atoms with van der Waals surface area (Å²) in [5, 5.41) is 0. The standard InChI is InChI=1S/C18H25NO/c1-2-14-12-16(17-10-6-7-11-19(17)13-14)18(20)15-8-4-3-5-9-15/h3-5,8-9,14,16-17H,2,6-7,10-13H2,1H3. The van der Waals surface area contributed by atoms with Gasteiger partial charge >= 0.3 is 0 Å². The average molecular weight is 271 g/mol. The van der Waals surface area contributed by atoms with E-state index in [0.29, 0.717) is 17.7 Å². The van der Waals surface area contributed by atoms with Crippen LogP contribution in [0.15, 0.2) is 30.3 Å². The molecule has 0 aromatic heterocycles. The molecule has 0 saturated carbocycles. The predicted octanol–water partition coefficient (Wildman–Crippen LogP) is 3.77. The van der Waals surface area contributed by atoms with Crippen LogP contribution >= 0.6 is 0 Å². The van der Waals surface area contributed by atoms with Gasteiger partial charge in [-0.05, 0) is 31.7 Å². The summed E-state index contributed by atoms with van der Waals surface area (Å²) in [6.07, 6.45) is 6.09. The number of fused-ring (bicyclic) bond motifs is 1. The summed E-state index contributed by atoms with van der Waals surface area (Å²) >= 11 is 0. The van der Waals surface area contributed by atoms with Gasteiger partial charge in [0.05, 0.1) is 0 Å². The lowest BCUT2D eigenvalue weighted by atomic mass is 9.75. The lowest BCUT2D eigenvalue weighted by molar-refractivity contribution is 0.0260. The molecule has 2 fully saturated rings. The Hall–Kier alpha value is -1.15. The third-order valence-corrected chi connectivity index (χ3v) is 5.18. The zero-order chi connectivity index (χ0) is 13.9. The maximum Gasteiger partial charge on any atom is 0.167 e. The Labute approximate surface area is 122 Å². The SMILES string of the molecule is CCC1CC(C(=O)c2ccccc2)C2CCCCN2C1. The number of Topliss-reactive ketones (excluding diaryl/α,β-unsaturated/α-hetero) is 1. The summed E-state index contributed by atoms with van der Waals surface area (Å²) in [5.74, 6) is 1.29. The average Bonchev–Trinajstić information content (AvgIpc) is 2.54. The minimum absolute atomic E-state index is 0.219. The molecule has 108 valence electrons. The number of hydrogen-bond acceptors (Lipinski definition) is 2. The van der Waals surface area contributed by atoms with Crippen LogP contribution in [0.1, 0.15) is 49.4 Å². The van der Waals surface area contributed by atoms with Crippen molar-refractivity contribution in [1.29, 1.82) is 0 Å². The highest BCUT2D eigenvalue weighted by Gasteiger charge is 2.40. The van der Waals surface area contributed by atoms with Crippen molar-refractivity contribution >= 4 is 5.78 Å².